The van der Waals surface area contributed by atoms with E-state index in [1.54, 1.807) is 31.4 Å². The van der Waals surface area contributed by atoms with Crippen LogP contribution >= 0.6 is 0 Å². The number of methoxy groups -OCH3 is 1. The Hall–Kier alpha value is -2.58. The largest absolute Gasteiger partial charge is 0.491 e. The Balaban J connectivity index is 1.71. The van der Waals surface area contributed by atoms with E-state index >= 15 is 0 Å². The topological polar surface area (TPSA) is 90.9 Å². The number of hydrogen-bond donors (Lipinski definition) is 1. The maximum atomic E-state index is 12.4. The Morgan fingerprint density at radius 1 is 1.00 bits per heavy atom. The van der Waals surface area contributed by atoms with Gasteiger partial charge in [0.15, 0.2) is 0 Å². The molecule has 0 fully saturated rings. The average molecular weight is 377 g/mol. The number of hydrogen-bond acceptors (Lipinski definition) is 6. The molecule has 0 atom stereocenters. The van der Waals surface area contributed by atoms with Gasteiger partial charge in [-0.25, -0.2) is 0 Å². The van der Waals surface area contributed by atoms with Gasteiger partial charge in [0.25, 0.3) is 0 Å². The van der Waals surface area contributed by atoms with Crippen molar-refractivity contribution in [2.24, 2.45) is 0 Å². The van der Waals surface area contributed by atoms with Crippen LogP contribution in [-0.2, 0) is 26.1 Å². The van der Waals surface area contributed by atoms with E-state index in [0.29, 0.717) is 37.5 Å². The minimum atomic E-state index is -3.96. The van der Waals surface area contributed by atoms with Gasteiger partial charge in [-0.3, -0.25) is 4.79 Å². The number of nitrogens with one attached hydrogen (secondary N) is 1. The van der Waals surface area contributed by atoms with Crippen LogP contribution in [0.4, 0.5) is 5.69 Å². The number of carbonyl (C=O) groups is 1. The summed E-state index contributed by atoms with van der Waals surface area (Å²) in [6, 6.07) is 10.8. The first-order valence-corrected chi connectivity index (χ1v) is 9.48. The average Bonchev–Trinajstić information content (AvgIpc) is 2.62. The van der Waals surface area contributed by atoms with Crippen LogP contribution in [0.5, 0.6) is 11.5 Å². The van der Waals surface area contributed by atoms with E-state index in [2.05, 4.69) is 5.32 Å². The Bertz CT molecular complexity index is 892. The molecule has 0 aromatic heterocycles. The number of anilines is 1. The highest BCUT2D eigenvalue weighted by molar-refractivity contribution is 7.87. The SMILES string of the molecule is COCCOc1ccc(S(=O)(=O)Oc2ccc3c(c2)CCC(=O)N3)cc1. The lowest BCUT2D eigenvalue weighted by atomic mass is 10.0. The summed E-state index contributed by atoms with van der Waals surface area (Å²) in [6.07, 6.45) is 0.916. The van der Waals surface area contributed by atoms with Crippen LogP contribution in [0.1, 0.15) is 12.0 Å². The summed E-state index contributed by atoms with van der Waals surface area (Å²) >= 11 is 0. The zero-order valence-corrected chi connectivity index (χ0v) is 15.0. The lowest BCUT2D eigenvalue weighted by Crippen LogP contribution is -2.19. The molecule has 1 aliphatic rings. The van der Waals surface area contributed by atoms with Crippen molar-refractivity contribution in [1.29, 1.82) is 0 Å². The second kappa shape index (κ2) is 7.76. The highest BCUT2D eigenvalue weighted by atomic mass is 32.2. The highest BCUT2D eigenvalue weighted by Crippen LogP contribution is 2.28. The van der Waals surface area contributed by atoms with Crippen LogP contribution in [0.3, 0.4) is 0 Å². The molecule has 1 aliphatic heterocycles. The van der Waals surface area contributed by atoms with Crippen molar-refractivity contribution < 1.29 is 26.9 Å². The predicted molar refractivity (Wildman–Crippen MR) is 95.0 cm³/mol. The van der Waals surface area contributed by atoms with Gasteiger partial charge in [0.05, 0.1) is 6.61 Å². The number of aryl methyl sites for hydroxylation is 1. The van der Waals surface area contributed by atoms with Crippen molar-refractivity contribution >= 4 is 21.7 Å². The normalized spacial score (nSPS) is 13.7. The molecule has 0 aliphatic carbocycles. The quantitative estimate of drug-likeness (QED) is 0.588. The van der Waals surface area contributed by atoms with E-state index in [1.807, 2.05) is 0 Å². The van der Waals surface area contributed by atoms with E-state index < -0.39 is 10.1 Å². The van der Waals surface area contributed by atoms with Gasteiger partial charge in [-0.1, -0.05) is 0 Å². The molecule has 2 aromatic rings. The molecule has 3 rings (SSSR count). The lowest BCUT2D eigenvalue weighted by Gasteiger charge is -2.17. The summed E-state index contributed by atoms with van der Waals surface area (Å²) in [5.41, 5.74) is 1.53. The molecule has 138 valence electrons. The summed E-state index contributed by atoms with van der Waals surface area (Å²) in [7, 11) is -2.39. The summed E-state index contributed by atoms with van der Waals surface area (Å²) in [5, 5.41) is 2.74. The van der Waals surface area contributed by atoms with E-state index in [-0.39, 0.29) is 16.6 Å². The van der Waals surface area contributed by atoms with E-state index in [9.17, 15) is 13.2 Å². The molecule has 0 radical (unpaired) electrons. The Morgan fingerprint density at radius 3 is 2.46 bits per heavy atom. The van der Waals surface area contributed by atoms with Crippen molar-refractivity contribution in [3.8, 4) is 11.5 Å². The Morgan fingerprint density at radius 2 is 1.73 bits per heavy atom. The molecule has 0 unspecified atom stereocenters. The highest BCUT2D eigenvalue weighted by Gasteiger charge is 2.19. The van der Waals surface area contributed by atoms with Crippen molar-refractivity contribution in [3.63, 3.8) is 0 Å². The first kappa shape index (κ1) is 18.2. The van der Waals surface area contributed by atoms with Gasteiger partial charge in [-0.15, -0.1) is 0 Å². The number of carbonyl (C=O) groups excluding carboxylic acids is 1. The van der Waals surface area contributed by atoms with Crippen LogP contribution in [-0.4, -0.2) is 34.6 Å². The van der Waals surface area contributed by atoms with Gasteiger partial charge in [-0.2, -0.15) is 8.42 Å². The summed E-state index contributed by atoms with van der Waals surface area (Å²) in [6.45, 7) is 0.826. The molecule has 0 bridgehead atoms. The maximum Gasteiger partial charge on any atom is 0.339 e. The first-order chi connectivity index (χ1) is 12.5. The van der Waals surface area contributed by atoms with Crippen molar-refractivity contribution in [3.05, 3.63) is 48.0 Å². The third-order valence-electron chi connectivity index (χ3n) is 3.85. The molecule has 26 heavy (non-hydrogen) atoms. The third-order valence-corrected chi connectivity index (χ3v) is 5.11. The number of amides is 1. The van der Waals surface area contributed by atoms with Crippen molar-refractivity contribution in [1.82, 2.24) is 0 Å². The Kier molecular flexibility index (Phi) is 5.43. The molecule has 1 heterocycles. The molecular formula is C18H19NO6S. The maximum absolute atomic E-state index is 12.4. The summed E-state index contributed by atoms with van der Waals surface area (Å²) in [5.74, 6) is 0.706. The van der Waals surface area contributed by atoms with Gasteiger partial charge in [0, 0.05) is 19.2 Å². The van der Waals surface area contributed by atoms with Gasteiger partial charge in [-0.05, 0) is 54.4 Å². The molecule has 2 aromatic carbocycles. The van der Waals surface area contributed by atoms with Gasteiger partial charge in [0.1, 0.15) is 23.0 Å². The fourth-order valence-corrected chi connectivity index (χ4v) is 3.45. The molecule has 8 heteroatoms. The predicted octanol–water partition coefficient (Wildman–Crippen LogP) is 2.36. The van der Waals surface area contributed by atoms with Gasteiger partial charge in [0.2, 0.25) is 5.91 Å². The smallest absolute Gasteiger partial charge is 0.339 e. The standard InChI is InChI=1S/C18H19NO6S/c1-23-10-11-24-14-3-6-16(7-4-14)26(21,22)25-15-5-8-17-13(12-15)2-9-18(20)19-17/h3-8,12H,2,9-11H2,1H3,(H,19,20). The van der Waals surface area contributed by atoms with Gasteiger partial charge >= 0.3 is 10.1 Å². The fourth-order valence-electron chi connectivity index (χ4n) is 2.53. The summed E-state index contributed by atoms with van der Waals surface area (Å²) in [4.78, 5) is 11.4. The van der Waals surface area contributed by atoms with Crippen molar-refractivity contribution in [2.75, 3.05) is 25.6 Å². The zero-order valence-electron chi connectivity index (χ0n) is 14.2. The second-order valence-corrected chi connectivity index (χ2v) is 7.26. The molecule has 0 saturated carbocycles. The van der Waals surface area contributed by atoms with E-state index in [1.165, 1.54) is 18.2 Å². The molecule has 7 nitrogen and oxygen atoms in total. The van der Waals surface area contributed by atoms with Gasteiger partial charge < -0.3 is 19.0 Å². The van der Waals surface area contributed by atoms with Crippen LogP contribution < -0.4 is 14.2 Å². The fraction of sp³-hybridized carbons (Fsp3) is 0.278. The Labute approximate surface area is 152 Å². The van der Waals surface area contributed by atoms with Crippen LogP contribution in [0.2, 0.25) is 0 Å². The number of ether oxygens (including phenoxy) is 2. The molecular weight excluding hydrogens is 358 g/mol. The number of benzene rings is 2. The molecule has 1 amide bonds. The van der Waals surface area contributed by atoms with Crippen LogP contribution in [0.15, 0.2) is 47.4 Å². The third kappa shape index (κ3) is 4.33. The number of fused-ring (bicyclic) bond motifs is 1. The number of rotatable bonds is 7. The van der Waals surface area contributed by atoms with E-state index in [0.717, 1.165) is 5.56 Å². The first-order valence-electron chi connectivity index (χ1n) is 8.07. The zero-order chi connectivity index (χ0) is 18.6. The molecule has 1 N–H and O–H groups in total. The van der Waals surface area contributed by atoms with Crippen LogP contribution in [0.25, 0.3) is 0 Å². The molecule has 0 saturated heterocycles. The molecule has 0 spiro atoms. The van der Waals surface area contributed by atoms with Crippen molar-refractivity contribution in [2.45, 2.75) is 17.7 Å². The monoisotopic (exact) mass is 377 g/mol. The minimum Gasteiger partial charge on any atom is -0.491 e. The summed E-state index contributed by atoms with van der Waals surface area (Å²) < 4.78 is 40.4. The van der Waals surface area contributed by atoms with E-state index in [4.69, 9.17) is 13.7 Å². The minimum absolute atomic E-state index is 0.0302. The lowest BCUT2D eigenvalue weighted by molar-refractivity contribution is -0.116. The second-order valence-electron chi connectivity index (χ2n) is 5.72. The van der Waals surface area contributed by atoms with Crippen LogP contribution in [0, 0.1) is 0 Å².